The lowest BCUT2D eigenvalue weighted by Crippen LogP contribution is -2.42. The van der Waals surface area contributed by atoms with Gasteiger partial charge in [-0.3, -0.25) is 4.79 Å². The zero-order valence-corrected chi connectivity index (χ0v) is 10.3. The van der Waals surface area contributed by atoms with Crippen molar-refractivity contribution in [2.24, 2.45) is 0 Å². The average molecular weight is 257 g/mol. The van der Waals surface area contributed by atoms with Crippen LogP contribution in [0.2, 0.25) is 0 Å². The van der Waals surface area contributed by atoms with E-state index in [0.29, 0.717) is 19.6 Å². The third kappa shape index (κ3) is 3.20. The number of amides is 1. The number of carboxylic acid groups (broad SMARTS) is 1. The first-order valence-electron chi connectivity index (χ1n) is 6.40. The first-order valence-corrected chi connectivity index (χ1v) is 6.40. The molecule has 0 aliphatic carbocycles. The summed E-state index contributed by atoms with van der Waals surface area (Å²) in [6, 6.07) is -0.677. The minimum absolute atomic E-state index is 0.0519. The van der Waals surface area contributed by atoms with E-state index in [1.54, 1.807) is 0 Å². The highest BCUT2D eigenvalue weighted by Gasteiger charge is 2.33. The fraction of sp³-hybridized carbons (Fsp3) is 0.833. The highest BCUT2D eigenvalue weighted by molar-refractivity contribution is 5.84. The van der Waals surface area contributed by atoms with E-state index in [4.69, 9.17) is 14.6 Å². The molecule has 0 unspecified atom stereocenters. The molecule has 1 N–H and O–H groups in total. The topological polar surface area (TPSA) is 76.1 Å². The predicted molar refractivity (Wildman–Crippen MR) is 62.2 cm³/mol. The summed E-state index contributed by atoms with van der Waals surface area (Å²) in [4.78, 5) is 24.2. The van der Waals surface area contributed by atoms with Gasteiger partial charge >= 0.3 is 5.97 Å². The van der Waals surface area contributed by atoms with Crippen LogP contribution in [0.4, 0.5) is 0 Å². The highest BCUT2D eigenvalue weighted by atomic mass is 16.5. The molecule has 0 aromatic carbocycles. The molecule has 1 amide bonds. The Morgan fingerprint density at radius 1 is 1.33 bits per heavy atom. The Kier molecular flexibility index (Phi) is 4.54. The molecule has 2 heterocycles. The molecule has 0 saturated carbocycles. The molecule has 2 rings (SSSR count). The van der Waals surface area contributed by atoms with Gasteiger partial charge in [-0.15, -0.1) is 0 Å². The second kappa shape index (κ2) is 6.15. The Morgan fingerprint density at radius 3 is 2.83 bits per heavy atom. The van der Waals surface area contributed by atoms with Gasteiger partial charge in [0.25, 0.3) is 0 Å². The Labute approximate surface area is 106 Å². The highest BCUT2D eigenvalue weighted by Crippen LogP contribution is 2.18. The number of likely N-dealkylation sites (tertiary alicyclic amines) is 1. The maximum atomic E-state index is 11.8. The summed E-state index contributed by atoms with van der Waals surface area (Å²) < 4.78 is 10.7. The molecule has 102 valence electrons. The molecular formula is C12H19NO5. The van der Waals surface area contributed by atoms with E-state index in [1.807, 2.05) is 0 Å². The van der Waals surface area contributed by atoms with Crippen LogP contribution in [0, 0.1) is 0 Å². The van der Waals surface area contributed by atoms with Gasteiger partial charge in [-0.05, 0) is 25.7 Å². The largest absolute Gasteiger partial charge is 0.480 e. The Hall–Kier alpha value is -1.14. The molecule has 0 aromatic heterocycles. The lowest BCUT2D eigenvalue weighted by Gasteiger charge is -2.21. The number of hydrogen-bond donors (Lipinski definition) is 1. The number of hydrogen-bond acceptors (Lipinski definition) is 4. The van der Waals surface area contributed by atoms with Crippen LogP contribution in [0.25, 0.3) is 0 Å². The van der Waals surface area contributed by atoms with E-state index in [1.165, 1.54) is 4.90 Å². The van der Waals surface area contributed by atoms with Crippen molar-refractivity contribution in [3.05, 3.63) is 0 Å². The molecule has 2 atom stereocenters. The van der Waals surface area contributed by atoms with Crippen LogP contribution in [0.3, 0.4) is 0 Å². The fourth-order valence-electron chi connectivity index (χ4n) is 2.46. The van der Waals surface area contributed by atoms with Crippen LogP contribution in [0.1, 0.15) is 25.7 Å². The third-order valence-corrected chi connectivity index (χ3v) is 3.41. The summed E-state index contributed by atoms with van der Waals surface area (Å²) in [6.07, 6.45) is 3.37. The minimum atomic E-state index is -0.931. The lowest BCUT2D eigenvalue weighted by atomic mass is 10.2. The summed E-state index contributed by atoms with van der Waals surface area (Å²) >= 11 is 0. The predicted octanol–water partition coefficient (Wildman–Crippen LogP) is 0.258. The quantitative estimate of drug-likeness (QED) is 0.764. The summed E-state index contributed by atoms with van der Waals surface area (Å²) in [6.45, 7) is 1.63. The van der Waals surface area contributed by atoms with Gasteiger partial charge in [0.15, 0.2) is 0 Å². The number of rotatable bonds is 5. The van der Waals surface area contributed by atoms with Gasteiger partial charge < -0.3 is 19.5 Å². The second-order valence-electron chi connectivity index (χ2n) is 4.73. The van der Waals surface area contributed by atoms with Crippen molar-refractivity contribution in [3.63, 3.8) is 0 Å². The maximum absolute atomic E-state index is 11.8. The zero-order valence-electron chi connectivity index (χ0n) is 10.3. The lowest BCUT2D eigenvalue weighted by molar-refractivity contribution is -0.150. The minimum Gasteiger partial charge on any atom is -0.480 e. The van der Waals surface area contributed by atoms with Gasteiger partial charge in [0.05, 0.1) is 12.7 Å². The number of aliphatic carboxylic acids is 1. The number of carbonyl (C=O) groups excluding carboxylic acids is 1. The molecule has 0 aromatic rings. The monoisotopic (exact) mass is 257 g/mol. The van der Waals surface area contributed by atoms with Gasteiger partial charge in [-0.25, -0.2) is 4.79 Å². The van der Waals surface area contributed by atoms with Crippen molar-refractivity contribution in [3.8, 4) is 0 Å². The van der Waals surface area contributed by atoms with Crippen molar-refractivity contribution in [1.82, 2.24) is 4.90 Å². The maximum Gasteiger partial charge on any atom is 0.326 e. The van der Waals surface area contributed by atoms with Crippen molar-refractivity contribution < 1.29 is 24.2 Å². The number of carbonyl (C=O) groups is 2. The van der Waals surface area contributed by atoms with Crippen molar-refractivity contribution >= 4 is 11.9 Å². The van der Waals surface area contributed by atoms with Gasteiger partial charge in [-0.1, -0.05) is 0 Å². The van der Waals surface area contributed by atoms with Crippen LogP contribution in [0.15, 0.2) is 0 Å². The molecule has 0 radical (unpaired) electrons. The molecule has 2 saturated heterocycles. The van der Waals surface area contributed by atoms with Crippen LogP contribution in [-0.4, -0.2) is 60.4 Å². The Balaban J connectivity index is 1.71. The molecule has 2 aliphatic heterocycles. The van der Waals surface area contributed by atoms with Crippen LogP contribution >= 0.6 is 0 Å². The molecule has 0 spiro atoms. The number of carboxylic acids is 1. The van der Waals surface area contributed by atoms with E-state index in [-0.39, 0.29) is 18.6 Å². The summed E-state index contributed by atoms with van der Waals surface area (Å²) in [7, 11) is 0. The summed E-state index contributed by atoms with van der Waals surface area (Å²) in [5.74, 6) is -1.17. The van der Waals surface area contributed by atoms with Crippen molar-refractivity contribution in [1.29, 1.82) is 0 Å². The van der Waals surface area contributed by atoms with E-state index in [2.05, 4.69) is 0 Å². The van der Waals surface area contributed by atoms with Gasteiger partial charge in [0.2, 0.25) is 5.91 Å². The molecule has 2 aliphatic rings. The van der Waals surface area contributed by atoms with E-state index < -0.39 is 12.0 Å². The van der Waals surface area contributed by atoms with E-state index in [0.717, 1.165) is 25.9 Å². The molecule has 0 bridgehead atoms. The molecule has 6 heteroatoms. The number of ether oxygens (including phenoxy) is 2. The second-order valence-corrected chi connectivity index (χ2v) is 4.73. The van der Waals surface area contributed by atoms with Crippen molar-refractivity contribution in [2.45, 2.75) is 37.8 Å². The molecule has 6 nitrogen and oxygen atoms in total. The zero-order chi connectivity index (χ0) is 13.0. The van der Waals surface area contributed by atoms with E-state index in [9.17, 15) is 9.59 Å². The SMILES string of the molecule is O=C(O)[C@H]1CCCN1C(=O)COC[C@@H]1CCCO1. The number of nitrogens with zero attached hydrogens (tertiary/aromatic N) is 1. The van der Waals surface area contributed by atoms with Crippen LogP contribution in [-0.2, 0) is 19.1 Å². The molecule has 18 heavy (non-hydrogen) atoms. The molecular weight excluding hydrogens is 238 g/mol. The smallest absolute Gasteiger partial charge is 0.326 e. The van der Waals surface area contributed by atoms with Crippen LogP contribution in [0.5, 0.6) is 0 Å². The van der Waals surface area contributed by atoms with Crippen LogP contribution < -0.4 is 0 Å². The normalized spacial score (nSPS) is 27.7. The Bertz CT molecular complexity index is 314. The summed E-state index contributed by atoms with van der Waals surface area (Å²) in [5, 5.41) is 8.98. The van der Waals surface area contributed by atoms with Gasteiger partial charge in [0, 0.05) is 13.2 Å². The fourth-order valence-corrected chi connectivity index (χ4v) is 2.46. The average Bonchev–Trinajstić information content (AvgIpc) is 2.99. The van der Waals surface area contributed by atoms with Gasteiger partial charge in [-0.2, -0.15) is 0 Å². The van der Waals surface area contributed by atoms with Gasteiger partial charge in [0.1, 0.15) is 12.6 Å². The molecule has 2 fully saturated rings. The van der Waals surface area contributed by atoms with E-state index >= 15 is 0 Å². The Morgan fingerprint density at radius 2 is 2.17 bits per heavy atom. The first kappa shape index (κ1) is 13.3. The standard InChI is InChI=1S/C12H19NO5/c14-11(8-17-7-9-3-2-6-18-9)13-5-1-4-10(13)12(15)16/h9-10H,1-8H2,(H,15,16)/t9-,10+/m0/s1. The summed E-state index contributed by atoms with van der Waals surface area (Å²) in [5.41, 5.74) is 0. The third-order valence-electron chi connectivity index (χ3n) is 3.41. The van der Waals surface area contributed by atoms with Crippen molar-refractivity contribution in [2.75, 3.05) is 26.4 Å². The first-order chi connectivity index (χ1) is 8.68.